The van der Waals surface area contributed by atoms with Gasteiger partial charge < -0.3 is 4.90 Å². The molecule has 4 heteroatoms. The number of carbonyl (C=O) groups is 2. The van der Waals surface area contributed by atoms with Gasteiger partial charge in [-0.25, -0.2) is 4.90 Å². The summed E-state index contributed by atoms with van der Waals surface area (Å²) < 4.78 is 0. The zero-order chi connectivity index (χ0) is 22.8. The third-order valence-electron chi connectivity index (χ3n) is 6.78. The first-order chi connectivity index (χ1) is 16.1. The monoisotopic (exact) mass is 436 g/mol. The average molecular weight is 437 g/mol. The van der Waals surface area contributed by atoms with E-state index in [0.717, 1.165) is 43.5 Å². The van der Waals surface area contributed by atoms with Gasteiger partial charge in [0.25, 0.3) is 11.8 Å². The van der Waals surface area contributed by atoms with E-state index in [-0.39, 0.29) is 11.8 Å². The number of amides is 2. The molecule has 2 amide bonds. The Morgan fingerprint density at radius 2 is 1.36 bits per heavy atom. The Morgan fingerprint density at radius 1 is 0.758 bits per heavy atom. The standard InChI is InChI=1S/C29H28N2O2/c1-21-10-8-9-15-25(21)31-28(32)26(24-13-6-3-7-14-24)27(29(31)33)30-18-16-23(17-19-30)20-22-11-4-2-5-12-22/h2-15,23H,16-20H2,1H3. The SMILES string of the molecule is Cc1ccccc1N1C(=O)C(c2ccccc2)=C(N2CCC(Cc3ccccc3)CC2)C1=O. The van der Waals surface area contributed by atoms with E-state index in [9.17, 15) is 9.59 Å². The van der Waals surface area contributed by atoms with Crippen LogP contribution in [0.1, 0.15) is 29.5 Å². The zero-order valence-electron chi connectivity index (χ0n) is 18.9. The molecule has 0 atom stereocenters. The summed E-state index contributed by atoms with van der Waals surface area (Å²) in [5.74, 6) is 0.140. The van der Waals surface area contributed by atoms with Crippen LogP contribution >= 0.6 is 0 Å². The van der Waals surface area contributed by atoms with E-state index >= 15 is 0 Å². The normalized spacial score (nSPS) is 17.2. The van der Waals surface area contributed by atoms with Crippen molar-refractivity contribution in [2.24, 2.45) is 5.92 Å². The number of carbonyl (C=O) groups excluding carboxylic acids is 2. The fraction of sp³-hybridized carbons (Fsp3) is 0.241. The van der Waals surface area contributed by atoms with Gasteiger partial charge in [0.15, 0.2) is 0 Å². The molecule has 0 radical (unpaired) electrons. The molecule has 2 heterocycles. The van der Waals surface area contributed by atoms with Crippen LogP contribution in [0.3, 0.4) is 0 Å². The van der Waals surface area contributed by atoms with Gasteiger partial charge in [0.05, 0.1) is 11.3 Å². The number of nitrogens with zero attached hydrogens (tertiary/aromatic N) is 2. The number of hydrogen-bond donors (Lipinski definition) is 0. The van der Waals surface area contributed by atoms with Crippen LogP contribution in [-0.4, -0.2) is 29.8 Å². The minimum Gasteiger partial charge on any atom is -0.366 e. The van der Waals surface area contributed by atoms with Crippen molar-refractivity contribution in [3.8, 4) is 0 Å². The fourth-order valence-electron chi connectivity index (χ4n) is 5.02. The van der Waals surface area contributed by atoms with Crippen LogP contribution < -0.4 is 4.90 Å². The number of aryl methyl sites for hydroxylation is 1. The van der Waals surface area contributed by atoms with Crippen molar-refractivity contribution in [3.63, 3.8) is 0 Å². The molecule has 0 unspecified atom stereocenters. The van der Waals surface area contributed by atoms with E-state index in [1.807, 2.05) is 67.6 Å². The number of benzene rings is 3. The van der Waals surface area contributed by atoms with Gasteiger partial charge in [0, 0.05) is 13.1 Å². The first-order valence-corrected chi connectivity index (χ1v) is 11.7. The molecule has 3 aromatic carbocycles. The van der Waals surface area contributed by atoms with Crippen LogP contribution in [0, 0.1) is 12.8 Å². The molecular weight excluding hydrogens is 408 g/mol. The highest BCUT2D eigenvalue weighted by molar-refractivity contribution is 6.45. The van der Waals surface area contributed by atoms with Crippen molar-refractivity contribution in [2.45, 2.75) is 26.2 Å². The molecule has 1 fully saturated rings. The highest BCUT2D eigenvalue weighted by Crippen LogP contribution is 2.37. The summed E-state index contributed by atoms with van der Waals surface area (Å²) in [7, 11) is 0. The van der Waals surface area contributed by atoms with Gasteiger partial charge in [-0.3, -0.25) is 9.59 Å². The van der Waals surface area contributed by atoms with Gasteiger partial charge in [-0.05, 0) is 54.9 Å². The Morgan fingerprint density at radius 3 is 2.03 bits per heavy atom. The second-order valence-corrected chi connectivity index (χ2v) is 8.94. The lowest BCUT2D eigenvalue weighted by molar-refractivity contribution is -0.120. The molecule has 3 aromatic rings. The van der Waals surface area contributed by atoms with E-state index in [2.05, 4.69) is 29.2 Å². The molecule has 166 valence electrons. The number of hydrogen-bond acceptors (Lipinski definition) is 3. The number of imide groups is 1. The summed E-state index contributed by atoms with van der Waals surface area (Å²) in [5, 5.41) is 0. The minimum atomic E-state index is -0.234. The molecule has 5 rings (SSSR count). The number of likely N-dealkylation sites (tertiary alicyclic amines) is 1. The first kappa shape index (κ1) is 21.2. The minimum absolute atomic E-state index is 0.213. The lowest BCUT2D eigenvalue weighted by atomic mass is 9.89. The Bertz CT molecular complexity index is 1190. The molecule has 2 aliphatic rings. The van der Waals surface area contributed by atoms with Gasteiger partial charge in [0.1, 0.15) is 5.70 Å². The Balaban J connectivity index is 1.44. The molecule has 1 saturated heterocycles. The average Bonchev–Trinajstić information content (AvgIpc) is 3.11. The second kappa shape index (κ2) is 9.07. The van der Waals surface area contributed by atoms with Crippen molar-refractivity contribution in [1.29, 1.82) is 0 Å². The number of rotatable bonds is 5. The predicted octanol–water partition coefficient (Wildman–Crippen LogP) is 5.23. The highest BCUT2D eigenvalue weighted by Gasteiger charge is 2.43. The molecule has 0 N–H and O–H groups in total. The number of piperidine rings is 1. The van der Waals surface area contributed by atoms with Crippen LogP contribution in [-0.2, 0) is 16.0 Å². The van der Waals surface area contributed by atoms with E-state index in [0.29, 0.717) is 22.9 Å². The maximum absolute atomic E-state index is 13.7. The number of para-hydroxylation sites is 1. The quantitative estimate of drug-likeness (QED) is 0.514. The zero-order valence-corrected chi connectivity index (χ0v) is 18.9. The van der Waals surface area contributed by atoms with Crippen molar-refractivity contribution < 1.29 is 9.59 Å². The van der Waals surface area contributed by atoms with Gasteiger partial charge >= 0.3 is 0 Å². The summed E-state index contributed by atoms with van der Waals surface area (Å²) in [4.78, 5) is 30.9. The van der Waals surface area contributed by atoms with E-state index in [4.69, 9.17) is 0 Å². The van der Waals surface area contributed by atoms with Crippen molar-refractivity contribution in [1.82, 2.24) is 4.90 Å². The smallest absolute Gasteiger partial charge is 0.282 e. The summed E-state index contributed by atoms with van der Waals surface area (Å²) >= 11 is 0. The molecule has 0 aromatic heterocycles. The second-order valence-electron chi connectivity index (χ2n) is 8.94. The third-order valence-corrected chi connectivity index (χ3v) is 6.78. The first-order valence-electron chi connectivity index (χ1n) is 11.7. The molecule has 0 spiro atoms. The fourth-order valence-corrected chi connectivity index (χ4v) is 5.02. The predicted molar refractivity (Wildman–Crippen MR) is 131 cm³/mol. The summed E-state index contributed by atoms with van der Waals surface area (Å²) in [6, 6.07) is 27.8. The van der Waals surface area contributed by atoms with Crippen molar-refractivity contribution in [2.75, 3.05) is 18.0 Å². The van der Waals surface area contributed by atoms with Crippen molar-refractivity contribution in [3.05, 3.63) is 107 Å². The molecular formula is C29H28N2O2. The van der Waals surface area contributed by atoms with Crippen LogP contribution in [0.25, 0.3) is 5.57 Å². The maximum Gasteiger partial charge on any atom is 0.282 e. The van der Waals surface area contributed by atoms with Crippen LogP contribution in [0.5, 0.6) is 0 Å². The molecule has 33 heavy (non-hydrogen) atoms. The maximum atomic E-state index is 13.7. The molecule has 2 aliphatic heterocycles. The summed E-state index contributed by atoms with van der Waals surface area (Å²) in [6.45, 7) is 3.50. The topological polar surface area (TPSA) is 40.6 Å². The lowest BCUT2D eigenvalue weighted by Crippen LogP contribution is -2.39. The summed E-state index contributed by atoms with van der Waals surface area (Å²) in [5.41, 5.74) is 4.80. The van der Waals surface area contributed by atoms with E-state index in [1.54, 1.807) is 0 Å². The lowest BCUT2D eigenvalue weighted by Gasteiger charge is -2.34. The molecule has 4 nitrogen and oxygen atoms in total. The molecule has 0 bridgehead atoms. The van der Waals surface area contributed by atoms with Crippen LogP contribution in [0.15, 0.2) is 90.6 Å². The van der Waals surface area contributed by atoms with E-state index in [1.165, 1.54) is 10.5 Å². The van der Waals surface area contributed by atoms with Gasteiger partial charge in [-0.1, -0.05) is 78.9 Å². The largest absolute Gasteiger partial charge is 0.366 e. The molecule has 0 saturated carbocycles. The Kier molecular flexibility index (Phi) is 5.82. The highest BCUT2D eigenvalue weighted by atomic mass is 16.2. The number of anilines is 1. The van der Waals surface area contributed by atoms with E-state index < -0.39 is 0 Å². The van der Waals surface area contributed by atoms with Gasteiger partial charge in [-0.15, -0.1) is 0 Å². The summed E-state index contributed by atoms with van der Waals surface area (Å²) in [6.07, 6.45) is 3.07. The Labute approximate surface area is 195 Å². The van der Waals surface area contributed by atoms with Crippen molar-refractivity contribution >= 4 is 23.1 Å². The molecule has 0 aliphatic carbocycles. The van der Waals surface area contributed by atoms with Gasteiger partial charge in [0.2, 0.25) is 0 Å². The van der Waals surface area contributed by atoms with Crippen LogP contribution in [0.2, 0.25) is 0 Å². The third kappa shape index (κ3) is 4.09. The van der Waals surface area contributed by atoms with Crippen LogP contribution in [0.4, 0.5) is 5.69 Å². The Hall–Kier alpha value is -3.66. The van der Waals surface area contributed by atoms with Gasteiger partial charge in [-0.2, -0.15) is 0 Å².